The maximum Gasteiger partial charge on any atom is 0.0547 e. The first-order chi connectivity index (χ1) is 12.9. The molecule has 26 heavy (non-hydrogen) atoms. The molecule has 0 spiro atoms. The fourth-order valence-corrected chi connectivity index (χ4v) is 7.13. The largest absolute Gasteiger partial charge is 0.357 e. The standard InChI is InChI=1S/C23H29N3/c1-2-12-25-13-5-7-17-20-10-9-18(22(17)25)23-21-16(11-14-26(20)23)15-6-3-4-8-19(15)24-21/h2-4,6,8,17-18,20,22-24H,1,5,7,9-14H2. The van der Waals surface area contributed by atoms with E-state index in [1.54, 1.807) is 11.3 Å². The van der Waals surface area contributed by atoms with Crippen molar-refractivity contribution < 1.29 is 0 Å². The highest BCUT2D eigenvalue weighted by Gasteiger charge is 2.56. The molecular formula is C23H29N3. The summed E-state index contributed by atoms with van der Waals surface area (Å²) in [5.41, 5.74) is 4.50. The topological polar surface area (TPSA) is 22.3 Å². The summed E-state index contributed by atoms with van der Waals surface area (Å²) < 4.78 is 0. The molecule has 1 aliphatic carbocycles. The summed E-state index contributed by atoms with van der Waals surface area (Å²) in [6.45, 7) is 7.63. The predicted molar refractivity (Wildman–Crippen MR) is 106 cm³/mol. The average Bonchev–Trinajstić information content (AvgIpc) is 3.08. The van der Waals surface area contributed by atoms with Crippen molar-refractivity contribution in [3.63, 3.8) is 0 Å². The highest BCUT2D eigenvalue weighted by atomic mass is 15.3. The van der Waals surface area contributed by atoms with Gasteiger partial charge >= 0.3 is 0 Å². The Kier molecular flexibility index (Phi) is 3.40. The highest BCUT2D eigenvalue weighted by molar-refractivity contribution is 5.85. The van der Waals surface area contributed by atoms with Crippen molar-refractivity contribution in [3.8, 4) is 0 Å². The molecule has 5 heterocycles. The van der Waals surface area contributed by atoms with E-state index in [0.717, 1.165) is 30.5 Å². The molecule has 3 heteroatoms. The Hall–Kier alpha value is -1.58. The van der Waals surface area contributed by atoms with Crippen molar-refractivity contribution in [3.05, 3.63) is 48.2 Å². The minimum Gasteiger partial charge on any atom is -0.357 e. The Morgan fingerprint density at radius 2 is 2.04 bits per heavy atom. The lowest BCUT2D eigenvalue weighted by Gasteiger charge is -2.63. The number of piperidine rings is 3. The van der Waals surface area contributed by atoms with E-state index in [0.29, 0.717) is 6.04 Å². The lowest BCUT2D eigenvalue weighted by atomic mass is 9.60. The lowest BCUT2D eigenvalue weighted by Crippen LogP contribution is -2.67. The molecule has 7 rings (SSSR count). The molecule has 5 atom stereocenters. The van der Waals surface area contributed by atoms with Gasteiger partial charge in [-0.25, -0.2) is 0 Å². The average molecular weight is 348 g/mol. The quantitative estimate of drug-likeness (QED) is 0.826. The number of para-hydroxylation sites is 1. The second-order valence-electron chi connectivity index (χ2n) is 8.88. The van der Waals surface area contributed by atoms with Gasteiger partial charge in [0, 0.05) is 41.8 Å². The van der Waals surface area contributed by atoms with Crippen LogP contribution in [0, 0.1) is 11.8 Å². The second-order valence-corrected chi connectivity index (χ2v) is 8.88. The smallest absolute Gasteiger partial charge is 0.0547 e. The minimum absolute atomic E-state index is 0.608. The molecule has 5 aliphatic rings. The number of fused-ring (bicyclic) bond motifs is 4. The van der Waals surface area contributed by atoms with E-state index in [1.807, 2.05) is 0 Å². The first-order valence-corrected chi connectivity index (χ1v) is 10.6. The molecule has 0 amide bonds. The van der Waals surface area contributed by atoms with Gasteiger partial charge in [-0.15, -0.1) is 6.58 Å². The van der Waals surface area contributed by atoms with E-state index in [-0.39, 0.29) is 0 Å². The van der Waals surface area contributed by atoms with Gasteiger partial charge in [-0.3, -0.25) is 9.80 Å². The van der Waals surface area contributed by atoms with Crippen LogP contribution in [0.15, 0.2) is 36.9 Å². The van der Waals surface area contributed by atoms with E-state index in [9.17, 15) is 0 Å². The van der Waals surface area contributed by atoms with Gasteiger partial charge in [-0.2, -0.15) is 0 Å². The molecule has 5 unspecified atom stereocenters. The van der Waals surface area contributed by atoms with Crippen LogP contribution in [-0.2, 0) is 6.42 Å². The first kappa shape index (κ1) is 15.5. The summed E-state index contributed by atoms with van der Waals surface area (Å²) in [5.74, 6) is 1.65. The molecule has 1 aromatic carbocycles. The molecule has 0 radical (unpaired) electrons. The number of benzene rings is 1. The van der Waals surface area contributed by atoms with Crippen LogP contribution in [0.5, 0.6) is 0 Å². The summed E-state index contributed by atoms with van der Waals surface area (Å²) in [6, 6.07) is 11.1. The zero-order valence-electron chi connectivity index (χ0n) is 15.5. The van der Waals surface area contributed by atoms with Crippen molar-refractivity contribution >= 4 is 10.9 Å². The second kappa shape index (κ2) is 5.71. The van der Waals surface area contributed by atoms with Crippen molar-refractivity contribution in [1.82, 2.24) is 14.8 Å². The Balaban J connectivity index is 1.47. The van der Waals surface area contributed by atoms with Crippen LogP contribution in [0.2, 0.25) is 0 Å². The Morgan fingerprint density at radius 3 is 2.96 bits per heavy atom. The number of likely N-dealkylation sites (tertiary alicyclic amines) is 1. The van der Waals surface area contributed by atoms with Gasteiger partial charge in [0.1, 0.15) is 0 Å². The van der Waals surface area contributed by atoms with Gasteiger partial charge < -0.3 is 4.98 Å². The first-order valence-electron chi connectivity index (χ1n) is 10.6. The van der Waals surface area contributed by atoms with E-state index < -0.39 is 0 Å². The van der Waals surface area contributed by atoms with Crippen LogP contribution in [0.25, 0.3) is 10.9 Å². The summed E-state index contributed by atoms with van der Waals surface area (Å²) in [7, 11) is 0. The number of nitrogens with one attached hydrogen (secondary N) is 1. The van der Waals surface area contributed by atoms with E-state index in [4.69, 9.17) is 0 Å². The van der Waals surface area contributed by atoms with Crippen LogP contribution in [0.4, 0.5) is 0 Å². The Morgan fingerprint density at radius 1 is 1.12 bits per heavy atom. The predicted octanol–water partition coefficient (Wildman–Crippen LogP) is 4.13. The number of hydrogen-bond donors (Lipinski definition) is 1. The van der Waals surface area contributed by atoms with Crippen LogP contribution < -0.4 is 0 Å². The maximum absolute atomic E-state index is 4.04. The number of aromatic amines is 1. The van der Waals surface area contributed by atoms with Crippen molar-refractivity contribution in [1.29, 1.82) is 0 Å². The number of rotatable bonds is 2. The van der Waals surface area contributed by atoms with Gasteiger partial charge in [0.25, 0.3) is 0 Å². The molecule has 4 fully saturated rings. The van der Waals surface area contributed by atoms with Crippen molar-refractivity contribution in [2.24, 2.45) is 11.8 Å². The molecule has 2 bridgehead atoms. The zero-order valence-corrected chi connectivity index (χ0v) is 15.5. The fraction of sp³-hybridized carbons (Fsp3) is 0.565. The summed E-state index contributed by atoms with van der Waals surface area (Å²) in [6.07, 6.45) is 8.95. The zero-order chi connectivity index (χ0) is 17.3. The Labute approximate surface area is 156 Å². The summed E-state index contributed by atoms with van der Waals surface area (Å²) in [4.78, 5) is 9.54. The molecule has 1 N–H and O–H groups in total. The third-order valence-electron chi connectivity index (χ3n) is 7.89. The molecule has 136 valence electrons. The lowest BCUT2D eigenvalue weighted by molar-refractivity contribution is -0.130. The molecule has 2 aromatic rings. The van der Waals surface area contributed by atoms with Gasteiger partial charge in [0.15, 0.2) is 0 Å². The van der Waals surface area contributed by atoms with E-state index >= 15 is 0 Å². The van der Waals surface area contributed by atoms with E-state index in [1.165, 1.54) is 56.1 Å². The van der Waals surface area contributed by atoms with Gasteiger partial charge in [-0.05, 0) is 62.1 Å². The molecule has 3 nitrogen and oxygen atoms in total. The van der Waals surface area contributed by atoms with Gasteiger partial charge in [0.05, 0.1) is 6.04 Å². The molecule has 3 saturated heterocycles. The van der Waals surface area contributed by atoms with Crippen LogP contribution >= 0.6 is 0 Å². The van der Waals surface area contributed by atoms with E-state index in [2.05, 4.69) is 51.7 Å². The summed E-state index contributed by atoms with van der Waals surface area (Å²) in [5, 5.41) is 1.46. The number of aromatic nitrogens is 1. The summed E-state index contributed by atoms with van der Waals surface area (Å²) >= 11 is 0. The van der Waals surface area contributed by atoms with Crippen LogP contribution in [-0.4, -0.2) is 46.5 Å². The minimum atomic E-state index is 0.608. The number of hydrogen-bond acceptors (Lipinski definition) is 2. The van der Waals surface area contributed by atoms with Crippen LogP contribution in [0.3, 0.4) is 0 Å². The number of H-pyrrole nitrogens is 1. The highest BCUT2D eigenvalue weighted by Crippen LogP contribution is 2.56. The van der Waals surface area contributed by atoms with Crippen LogP contribution in [0.1, 0.15) is 43.0 Å². The number of nitrogens with zero attached hydrogens (tertiary/aromatic N) is 2. The molecule has 4 aliphatic heterocycles. The maximum atomic E-state index is 4.04. The molecule has 1 saturated carbocycles. The molecule has 1 aromatic heterocycles. The van der Waals surface area contributed by atoms with Gasteiger partial charge in [-0.1, -0.05) is 24.3 Å². The normalized spacial score (nSPS) is 36.5. The SMILES string of the molecule is C=CCN1CCCC2C1C1CCC2N2CCc3c([nH]c4ccccc34)C12. The molecular weight excluding hydrogens is 318 g/mol. The fourth-order valence-electron chi connectivity index (χ4n) is 7.13. The third kappa shape index (κ3) is 1.96. The van der Waals surface area contributed by atoms with Crippen molar-refractivity contribution in [2.75, 3.05) is 19.6 Å². The Bertz CT molecular complexity index is 852. The van der Waals surface area contributed by atoms with Gasteiger partial charge in [0.2, 0.25) is 0 Å². The monoisotopic (exact) mass is 347 g/mol. The third-order valence-corrected chi connectivity index (χ3v) is 7.89. The van der Waals surface area contributed by atoms with Crippen molar-refractivity contribution in [2.45, 2.75) is 50.2 Å².